The summed E-state index contributed by atoms with van der Waals surface area (Å²) in [5.41, 5.74) is 3.37. The molecule has 0 bridgehead atoms. The number of ether oxygens (including phenoxy) is 1. The van der Waals surface area contributed by atoms with Gasteiger partial charge in [0.05, 0.1) is 12.3 Å². The summed E-state index contributed by atoms with van der Waals surface area (Å²) in [7, 11) is 0. The highest BCUT2D eigenvalue weighted by Crippen LogP contribution is 2.21. The Bertz CT molecular complexity index is 805. The van der Waals surface area contributed by atoms with Crippen molar-refractivity contribution >= 4 is 40.6 Å². The van der Waals surface area contributed by atoms with E-state index < -0.39 is 0 Å². The van der Waals surface area contributed by atoms with Crippen molar-refractivity contribution in [2.45, 2.75) is 19.8 Å². The maximum atomic E-state index is 11.6. The van der Waals surface area contributed by atoms with Gasteiger partial charge in [-0.15, -0.1) is 12.4 Å². The van der Waals surface area contributed by atoms with E-state index in [0.717, 1.165) is 29.8 Å². The summed E-state index contributed by atoms with van der Waals surface area (Å²) in [6.07, 6.45) is 5.29. The van der Waals surface area contributed by atoms with Crippen LogP contribution in [-0.4, -0.2) is 21.9 Å². The Morgan fingerprint density at radius 2 is 1.92 bits per heavy atom. The smallest absolute Gasteiger partial charge is 0.291 e. The topological polar surface area (TPSA) is 68.3 Å². The minimum atomic E-state index is -0.336. The molecule has 1 amide bonds. The number of thioether (sulfide) groups is 1. The number of rotatable bonds is 6. The molecule has 1 aromatic heterocycles. The fraction of sp³-hybridized carbons (Fsp3) is 0.211. The standard InChI is InChI=1S/C19H18N2O3S.ClH/c1-2-13-3-6-15(20-12-13)9-10-24-16-7-4-14(5-8-16)11-17-18(22)25-19(23)21-17;/h3-8,11-12H,2,9-10H2,1H3,(H,21,23);1H. The molecule has 26 heavy (non-hydrogen) atoms. The fourth-order valence-corrected chi connectivity index (χ4v) is 2.88. The van der Waals surface area contributed by atoms with Crippen LogP contribution < -0.4 is 10.1 Å². The largest absolute Gasteiger partial charge is 0.493 e. The molecule has 1 N–H and O–H groups in total. The van der Waals surface area contributed by atoms with Crippen LogP contribution in [0.4, 0.5) is 4.79 Å². The first-order valence-corrected chi connectivity index (χ1v) is 8.87. The van der Waals surface area contributed by atoms with Crippen molar-refractivity contribution in [3.63, 3.8) is 0 Å². The Morgan fingerprint density at radius 1 is 1.15 bits per heavy atom. The van der Waals surface area contributed by atoms with E-state index in [9.17, 15) is 9.59 Å². The third-order valence-corrected chi connectivity index (χ3v) is 4.45. The van der Waals surface area contributed by atoms with Gasteiger partial charge in [0.15, 0.2) is 0 Å². The number of aromatic nitrogens is 1. The number of halogens is 1. The molecule has 0 saturated carbocycles. The van der Waals surface area contributed by atoms with E-state index in [1.165, 1.54) is 5.56 Å². The van der Waals surface area contributed by atoms with E-state index >= 15 is 0 Å². The van der Waals surface area contributed by atoms with E-state index in [-0.39, 0.29) is 22.8 Å². The molecule has 3 rings (SSSR count). The van der Waals surface area contributed by atoms with E-state index in [4.69, 9.17) is 4.74 Å². The maximum Gasteiger partial charge on any atom is 0.291 e. The molecular formula is C19H19ClN2O3S. The monoisotopic (exact) mass is 390 g/mol. The van der Waals surface area contributed by atoms with Crippen molar-refractivity contribution in [1.29, 1.82) is 0 Å². The molecule has 1 aliphatic heterocycles. The normalized spacial score (nSPS) is 14.9. The number of amides is 1. The molecule has 0 aliphatic carbocycles. The second-order valence-electron chi connectivity index (χ2n) is 5.54. The van der Waals surface area contributed by atoms with E-state index in [1.807, 2.05) is 36.5 Å². The van der Waals surface area contributed by atoms with Crippen LogP contribution in [0, 0.1) is 0 Å². The van der Waals surface area contributed by atoms with Gasteiger partial charge in [-0.25, -0.2) is 0 Å². The van der Waals surface area contributed by atoms with Crippen molar-refractivity contribution in [1.82, 2.24) is 10.3 Å². The van der Waals surface area contributed by atoms with Crippen molar-refractivity contribution in [2.24, 2.45) is 0 Å². The van der Waals surface area contributed by atoms with Crippen molar-refractivity contribution in [3.05, 3.63) is 65.1 Å². The molecule has 0 atom stereocenters. The van der Waals surface area contributed by atoms with Crippen molar-refractivity contribution in [2.75, 3.05) is 6.61 Å². The molecule has 136 valence electrons. The average Bonchev–Trinajstić information content (AvgIpc) is 2.94. The predicted octanol–water partition coefficient (Wildman–Crippen LogP) is 4.01. The molecule has 2 aromatic rings. The second-order valence-corrected chi connectivity index (χ2v) is 6.48. The SMILES string of the molecule is CCc1ccc(CCOc2ccc(C=C3NC(=O)SC3=O)cc2)nc1.Cl. The zero-order valence-electron chi connectivity index (χ0n) is 14.2. The molecule has 7 heteroatoms. The summed E-state index contributed by atoms with van der Waals surface area (Å²) in [6.45, 7) is 2.65. The number of carbonyl (C=O) groups excluding carboxylic acids is 2. The highest BCUT2D eigenvalue weighted by atomic mass is 35.5. The Kier molecular flexibility index (Phi) is 7.24. The zero-order chi connectivity index (χ0) is 17.6. The highest BCUT2D eigenvalue weighted by molar-refractivity contribution is 8.27. The van der Waals surface area contributed by atoms with Crippen LogP contribution in [0.2, 0.25) is 0 Å². The first-order chi connectivity index (χ1) is 12.1. The van der Waals surface area contributed by atoms with Gasteiger partial charge in [0, 0.05) is 30.1 Å². The average molecular weight is 391 g/mol. The molecule has 1 aromatic carbocycles. The number of pyridine rings is 1. The zero-order valence-corrected chi connectivity index (χ0v) is 15.9. The van der Waals surface area contributed by atoms with Crippen LogP contribution >= 0.6 is 24.2 Å². The number of hydrogen-bond acceptors (Lipinski definition) is 5. The number of hydrogen-bond donors (Lipinski definition) is 1. The lowest BCUT2D eigenvalue weighted by Gasteiger charge is -2.07. The van der Waals surface area contributed by atoms with E-state index in [2.05, 4.69) is 23.3 Å². The number of aryl methyl sites for hydroxylation is 1. The lowest BCUT2D eigenvalue weighted by atomic mass is 10.2. The van der Waals surface area contributed by atoms with Crippen molar-refractivity contribution < 1.29 is 14.3 Å². The van der Waals surface area contributed by atoms with Gasteiger partial charge in [-0.2, -0.15) is 0 Å². The highest BCUT2D eigenvalue weighted by Gasteiger charge is 2.25. The summed E-state index contributed by atoms with van der Waals surface area (Å²) in [5, 5.41) is 1.93. The number of nitrogens with one attached hydrogen (secondary N) is 1. The maximum absolute atomic E-state index is 11.6. The van der Waals surface area contributed by atoms with Crippen molar-refractivity contribution in [3.8, 4) is 5.75 Å². The van der Waals surface area contributed by atoms with Crippen LogP contribution in [0.15, 0.2) is 48.3 Å². The third kappa shape index (κ3) is 5.34. The molecule has 0 spiro atoms. The Hall–Kier alpha value is -2.31. The molecule has 1 fully saturated rings. The lowest BCUT2D eigenvalue weighted by Crippen LogP contribution is -2.10. The summed E-state index contributed by atoms with van der Waals surface area (Å²) in [6, 6.07) is 11.5. The third-order valence-electron chi connectivity index (χ3n) is 3.75. The van der Waals surface area contributed by atoms with Gasteiger partial charge in [-0.05, 0) is 41.8 Å². The molecule has 0 radical (unpaired) electrons. The summed E-state index contributed by atoms with van der Waals surface area (Å²) >= 11 is 0.674. The van der Waals surface area contributed by atoms with Crippen LogP contribution in [0.25, 0.3) is 6.08 Å². The van der Waals surface area contributed by atoms with Gasteiger partial charge in [0.25, 0.3) is 5.24 Å². The van der Waals surface area contributed by atoms with E-state index in [1.54, 1.807) is 6.08 Å². The molecule has 2 heterocycles. The summed E-state index contributed by atoms with van der Waals surface area (Å²) < 4.78 is 5.73. The Balaban J connectivity index is 0.00000243. The van der Waals surface area contributed by atoms with Crippen LogP contribution in [-0.2, 0) is 17.6 Å². The Labute approximate surface area is 162 Å². The molecule has 1 saturated heterocycles. The quantitative estimate of drug-likeness (QED) is 0.754. The molecule has 0 unspecified atom stereocenters. The van der Waals surface area contributed by atoms with E-state index in [0.29, 0.717) is 24.1 Å². The first-order valence-electron chi connectivity index (χ1n) is 8.05. The van der Waals surface area contributed by atoms with Gasteiger partial charge >= 0.3 is 0 Å². The lowest BCUT2D eigenvalue weighted by molar-refractivity contribution is -0.107. The van der Waals surface area contributed by atoms with Gasteiger partial charge in [-0.1, -0.05) is 25.1 Å². The minimum Gasteiger partial charge on any atom is -0.493 e. The summed E-state index contributed by atoms with van der Waals surface area (Å²) in [5.74, 6) is 0.753. The molecule has 5 nitrogen and oxygen atoms in total. The Morgan fingerprint density at radius 3 is 2.50 bits per heavy atom. The minimum absolute atomic E-state index is 0. The number of carbonyl (C=O) groups is 2. The van der Waals surface area contributed by atoms with Crippen LogP contribution in [0.5, 0.6) is 5.75 Å². The number of nitrogens with zero attached hydrogens (tertiary/aromatic N) is 1. The first kappa shape index (κ1) is 20.0. The molecular weight excluding hydrogens is 372 g/mol. The summed E-state index contributed by atoms with van der Waals surface area (Å²) in [4.78, 5) is 27.1. The van der Waals surface area contributed by atoms with Crippen LogP contribution in [0.3, 0.4) is 0 Å². The second kappa shape index (κ2) is 9.40. The molecule has 1 aliphatic rings. The van der Waals surface area contributed by atoms with Crippen LogP contribution in [0.1, 0.15) is 23.7 Å². The van der Waals surface area contributed by atoms with Gasteiger partial charge in [0.2, 0.25) is 5.12 Å². The van der Waals surface area contributed by atoms with Gasteiger partial charge in [-0.3, -0.25) is 14.6 Å². The number of benzene rings is 1. The van der Waals surface area contributed by atoms with Gasteiger partial charge in [0.1, 0.15) is 5.75 Å². The van der Waals surface area contributed by atoms with Gasteiger partial charge < -0.3 is 10.1 Å². The fourth-order valence-electron chi connectivity index (χ4n) is 2.33. The predicted molar refractivity (Wildman–Crippen MR) is 106 cm³/mol.